The Hall–Kier alpha value is 2.45. The van der Waals surface area contributed by atoms with Gasteiger partial charge in [0.25, 0.3) is 0 Å². The van der Waals surface area contributed by atoms with Crippen molar-refractivity contribution < 1.29 is 104 Å². The van der Waals surface area contributed by atoms with Crippen molar-refractivity contribution >= 4 is 0 Å². The number of allylic oxidation sites excluding steroid dienone is 8. The first-order valence-electron chi connectivity index (χ1n) is 42.0. The third-order valence-electron chi connectivity index (χ3n) is 33.8. The molecule has 28 atom stereocenters. The molecule has 0 spiro atoms. The summed E-state index contributed by atoms with van der Waals surface area (Å²) in [5.74, 6) is 34.0. The molecule has 0 aromatic heterocycles. The molecule has 0 saturated heterocycles. The number of hydrogen-bond acceptors (Lipinski definition) is 0. The van der Waals surface area contributed by atoms with Gasteiger partial charge in [0.05, 0.1) is 0 Å². The van der Waals surface area contributed by atoms with Crippen molar-refractivity contribution in [2.24, 2.45) is 207 Å². The molecule has 28 unspecified atom stereocenters. The number of fused-ring (bicyclic) bond motifs is 6. The molecular formula is C106H204Hf3Zr. The molecule has 0 nitrogen and oxygen atoms in total. The Bertz CT molecular complexity index is 2110. The quantitative estimate of drug-likeness (QED) is 0.120. The first kappa shape index (κ1) is 138. The number of hydrogen-bond donors (Lipinski definition) is 0. The van der Waals surface area contributed by atoms with Crippen LogP contribution in [0.25, 0.3) is 0 Å². The van der Waals surface area contributed by atoms with E-state index in [9.17, 15) is 0 Å². The van der Waals surface area contributed by atoms with Crippen molar-refractivity contribution in [3.8, 4) is 0 Å². The summed E-state index contributed by atoms with van der Waals surface area (Å²) in [4.78, 5) is 0. The van der Waals surface area contributed by atoms with Gasteiger partial charge >= 0.3 is 104 Å². The molecule has 0 radical (unpaired) electrons. The van der Waals surface area contributed by atoms with Gasteiger partial charge < -0.3 is 119 Å². The maximum absolute atomic E-state index is 2.59. The van der Waals surface area contributed by atoms with E-state index in [0.717, 1.165) is 189 Å². The fraction of sp³-hybridized carbons (Fsp3) is 0.774. The molecule has 0 aliphatic heterocycles. The van der Waals surface area contributed by atoms with Crippen LogP contribution in [0.4, 0.5) is 0 Å². The molecule has 0 aromatic carbocycles. The van der Waals surface area contributed by atoms with E-state index in [0.29, 0.717) is 0 Å². The normalized spacial score (nSPS) is 41.0. The van der Waals surface area contributed by atoms with Gasteiger partial charge in [-0.25, -0.2) is 0 Å². The zero-order valence-corrected chi connectivity index (χ0v) is 94.9. The van der Waals surface area contributed by atoms with Gasteiger partial charge in [0.15, 0.2) is 0 Å². The zero-order valence-electron chi connectivity index (χ0n) is 81.6. The van der Waals surface area contributed by atoms with Gasteiger partial charge in [0.1, 0.15) is 0 Å². The molecule has 0 bridgehead atoms. The summed E-state index contributed by atoms with van der Waals surface area (Å²) < 4.78 is 0. The van der Waals surface area contributed by atoms with Crippen molar-refractivity contribution in [2.75, 3.05) is 0 Å². The van der Waals surface area contributed by atoms with Crippen LogP contribution >= 0.6 is 0 Å². The van der Waals surface area contributed by atoms with Crippen LogP contribution in [0.1, 0.15) is 311 Å². The summed E-state index contributed by atoms with van der Waals surface area (Å²) in [6.07, 6.45) is 61.9. The van der Waals surface area contributed by atoms with Crippen LogP contribution < -0.4 is 0 Å². The summed E-state index contributed by atoms with van der Waals surface area (Å²) in [6.45, 7) is 46.8. The minimum Gasteiger partial charge on any atom is -0.358 e. The van der Waals surface area contributed by atoms with Crippen molar-refractivity contribution in [3.63, 3.8) is 0 Å². The molecule has 13 aliphatic rings. The van der Waals surface area contributed by atoms with Gasteiger partial charge in [-0.05, 0) is 291 Å². The summed E-state index contributed by atoms with van der Waals surface area (Å²) in [7, 11) is 0. The van der Waals surface area contributed by atoms with Crippen LogP contribution in [0, 0.1) is 326 Å². The fourth-order valence-electron chi connectivity index (χ4n) is 26.8. The predicted molar refractivity (Wildman–Crippen MR) is 498 cm³/mol. The minimum absolute atomic E-state index is 0. The second kappa shape index (κ2) is 66.1. The Morgan fingerprint density at radius 1 is 0.227 bits per heavy atom. The first-order chi connectivity index (χ1) is 43.3. The van der Waals surface area contributed by atoms with Crippen LogP contribution in [-0.2, 0) is 104 Å². The second-order valence-electron chi connectivity index (χ2n) is 37.1. The minimum atomic E-state index is 0. The topological polar surface area (TPSA) is 0 Å². The van der Waals surface area contributed by atoms with Gasteiger partial charge in [-0.1, -0.05) is 276 Å². The molecule has 11 saturated carbocycles. The van der Waals surface area contributed by atoms with Crippen LogP contribution in [-0.4, -0.2) is 0 Å². The first-order valence-corrected chi connectivity index (χ1v) is 42.0. The van der Waals surface area contributed by atoms with E-state index in [-0.39, 0.29) is 223 Å². The molecule has 4 heteroatoms. The van der Waals surface area contributed by atoms with E-state index in [4.69, 9.17) is 0 Å². The van der Waals surface area contributed by atoms with E-state index < -0.39 is 0 Å². The van der Waals surface area contributed by atoms with Gasteiger partial charge in [-0.15, -0.1) is 0 Å². The van der Waals surface area contributed by atoms with Crippen molar-refractivity contribution in [1.29, 1.82) is 0 Å². The van der Waals surface area contributed by atoms with Crippen molar-refractivity contribution in [3.05, 3.63) is 167 Å². The summed E-state index contributed by atoms with van der Waals surface area (Å²) in [5.41, 5.74) is 0. The average molecular weight is 2110 g/mol. The standard InChI is InChI=1S/C27H40.C22H40.C18H34.C13H22.C10H20.16CH3.3Hf.Zr/c1-5-11-20-18(3)26(24-15-9-7-13-22(20)24)17-27-19(4)21(12-6-2)23-14-8-10-16-25(23)27;1-6-9-18-12-19(21-11-8-7-10-20(18)21)13-22-16(4)14(2)15(3)17(22)5;1-6-7-16-8-9-17(10-16)11-18-14(4)12(2)13(3)15(18)5;1-2-6-12-10(4-1)8-9-11-5-3-7-13(11)12;1-6-7(2)9(4)10(5)8(6)3;;;;;;;;;;;;;;;;;;;;/h7-10,13-16,18-27H,5-6,11-12,17H2,1-4H3;14-22H,6-13H2,1-5H3;12-18H,6-11H2,1-5H3;10-13H,1-9H2;6-10H,1-5H3;16*1H3;;;;/q;;;;;16*-1;4*+4. The van der Waals surface area contributed by atoms with Gasteiger partial charge in [0, 0.05) is 0 Å². The molecule has 0 N–H and O–H groups in total. The second-order valence-corrected chi connectivity index (χ2v) is 37.1. The van der Waals surface area contributed by atoms with Crippen molar-refractivity contribution in [2.45, 2.75) is 311 Å². The SMILES string of the molecule is C1CCC2C(C1)CCC1CCCC12.CC1C(C)C(C)C(C)C1C.CCCC1C(C)C(CC2C(C)C(CCC)C3C=CC=CC32)C2C=CC=CC21.CCCC1CC(CC2C(C)C(C)C(C)C2C)C2CCCCC12.CCCC1CCC(CC2C(C)C(C)C(C)C2C)C1.[CH3-].[CH3-].[CH3-].[CH3-].[CH3-].[CH3-].[CH3-].[CH3-].[CH3-].[CH3-].[CH3-].[CH3-].[CH3-].[CH3-].[CH3-].[CH3-].[Hf+4].[Hf+4].[Hf+4].[Zr+4]. The molecular weight excluding hydrogens is 1900 g/mol. The van der Waals surface area contributed by atoms with E-state index in [1.165, 1.54) is 108 Å². The largest absolute Gasteiger partial charge is 4.00 e. The molecule has 0 amide bonds. The summed E-state index contributed by atoms with van der Waals surface area (Å²) >= 11 is 0. The van der Waals surface area contributed by atoms with Gasteiger partial charge in [0.2, 0.25) is 0 Å². The molecule has 110 heavy (non-hydrogen) atoms. The van der Waals surface area contributed by atoms with E-state index in [2.05, 4.69) is 180 Å². The average Bonchev–Trinajstić information content (AvgIpc) is 1.60. The van der Waals surface area contributed by atoms with Crippen molar-refractivity contribution in [1.82, 2.24) is 0 Å². The number of rotatable bonds is 14. The molecule has 644 valence electrons. The van der Waals surface area contributed by atoms with Crippen LogP contribution in [0.15, 0.2) is 48.6 Å². The molecule has 13 rings (SSSR count). The fourth-order valence-corrected chi connectivity index (χ4v) is 26.8. The Morgan fingerprint density at radius 2 is 0.509 bits per heavy atom. The van der Waals surface area contributed by atoms with Crippen LogP contribution in [0.2, 0.25) is 0 Å². The summed E-state index contributed by atoms with van der Waals surface area (Å²) in [5, 5.41) is 0. The monoisotopic (exact) mass is 2110 g/mol. The van der Waals surface area contributed by atoms with E-state index >= 15 is 0 Å². The van der Waals surface area contributed by atoms with Gasteiger partial charge in [-0.3, -0.25) is 0 Å². The maximum Gasteiger partial charge on any atom is 4.00 e. The Labute approximate surface area is 781 Å². The van der Waals surface area contributed by atoms with Crippen LogP contribution in [0.3, 0.4) is 0 Å². The Balaban J connectivity index is -0.000000107. The molecule has 0 heterocycles. The third-order valence-corrected chi connectivity index (χ3v) is 33.8. The molecule has 0 aromatic rings. The van der Waals surface area contributed by atoms with E-state index in [1.54, 1.807) is 89.9 Å². The zero-order chi connectivity index (χ0) is 64.7. The Kier molecular flexibility index (Phi) is 83.2. The Morgan fingerprint density at radius 3 is 0.864 bits per heavy atom. The predicted octanol–water partition coefficient (Wildman–Crippen LogP) is 34.4. The molecule has 11 fully saturated rings. The van der Waals surface area contributed by atoms with Crippen LogP contribution in [0.5, 0.6) is 0 Å². The van der Waals surface area contributed by atoms with E-state index in [1.807, 2.05) is 0 Å². The maximum atomic E-state index is 2.59. The smallest absolute Gasteiger partial charge is 0.358 e. The molecule has 13 aliphatic carbocycles. The summed E-state index contributed by atoms with van der Waals surface area (Å²) in [6, 6.07) is 0. The van der Waals surface area contributed by atoms with Gasteiger partial charge in [-0.2, -0.15) is 0 Å². The third kappa shape index (κ3) is 32.3.